The quantitative estimate of drug-likeness (QED) is 0.830. The van der Waals surface area contributed by atoms with Gasteiger partial charge in [-0.15, -0.1) is 11.3 Å². The van der Waals surface area contributed by atoms with Gasteiger partial charge >= 0.3 is 0 Å². The summed E-state index contributed by atoms with van der Waals surface area (Å²) in [6, 6.07) is 7.96. The van der Waals surface area contributed by atoms with Crippen molar-refractivity contribution >= 4 is 27.3 Å². The van der Waals surface area contributed by atoms with Gasteiger partial charge < -0.3 is 15.5 Å². The van der Waals surface area contributed by atoms with Crippen molar-refractivity contribution in [3.8, 4) is 0 Å². The second kappa shape index (κ2) is 7.02. The molecule has 1 aromatic heterocycles. The number of carbonyl (C=O) groups is 1. The van der Waals surface area contributed by atoms with E-state index in [1.54, 1.807) is 11.3 Å². The Morgan fingerprint density at radius 2 is 2.14 bits per heavy atom. The molecule has 0 spiro atoms. The van der Waals surface area contributed by atoms with E-state index in [1.807, 2.05) is 18.2 Å². The number of nitrogens with one attached hydrogen (secondary N) is 2. The topological polar surface area (TPSA) is 44.4 Å². The fourth-order valence-corrected chi connectivity index (χ4v) is 3.42. The molecule has 5 heteroatoms. The Morgan fingerprint density at radius 1 is 1.29 bits per heavy atom. The maximum atomic E-state index is 12.1. The van der Waals surface area contributed by atoms with Crippen LogP contribution in [0.1, 0.15) is 16.8 Å². The van der Waals surface area contributed by atoms with Gasteiger partial charge in [-0.1, -0.05) is 0 Å². The maximum absolute atomic E-state index is 12.1. The van der Waals surface area contributed by atoms with Crippen molar-refractivity contribution in [2.75, 3.05) is 39.3 Å². The first-order chi connectivity index (χ1) is 10.3. The zero-order valence-electron chi connectivity index (χ0n) is 12.1. The zero-order valence-corrected chi connectivity index (χ0v) is 12.9. The van der Waals surface area contributed by atoms with Gasteiger partial charge in [0.05, 0.1) is 0 Å². The number of benzene rings is 1. The largest absolute Gasteiger partial charge is 0.352 e. The third kappa shape index (κ3) is 3.81. The van der Waals surface area contributed by atoms with E-state index in [2.05, 4.69) is 27.0 Å². The normalized spacial score (nSPS) is 16.2. The molecule has 0 unspecified atom stereocenters. The first-order valence-corrected chi connectivity index (χ1v) is 8.39. The smallest absolute Gasteiger partial charge is 0.251 e. The maximum Gasteiger partial charge on any atom is 0.251 e. The fraction of sp³-hybridized carbons (Fsp3) is 0.438. The summed E-state index contributed by atoms with van der Waals surface area (Å²) >= 11 is 1.70. The van der Waals surface area contributed by atoms with Gasteiger partial charge in [-0.05, 0) is 48.0 Å². The van der Waals surface area contributed by atoms with Gasteiger partial charge in [0, 0.05) is 43.0 Å². The van der Waals surface area contributed by atoms with Crippen LogP contribution in [0, 0.1) is 0 Å². The van der Waals surface area contributed by atoms with Crippen molar-refractivity contribution in [2.24, 2.45) is 0 Å². The lowest BCUT2D eigenvalue weighted by Crippen LogP contribution is -2.44. The van der Waals surface area contributed by atoms with E-state index in [0.29, 0.717) is 0 Å². The van der Waals surface area contributed by atoms with Gasteiger partial charge in [-0.2, -0.15) is 0 Å². The summed E-state index contributed by atoms with van der Waals surface area (Å²) in [6.45, 7) is 6.18. The number of amides is 1. The van der Waals surface area contributed by atoms with Crippen LogP contribution in [-0.4, -0.2) is 50.1 Å². The molecule has 0 bridgehead atoms. The predicted octanol–water partition coefficient (Wildman–Crippen LogP) is 1.93. The van der Waals surface area contributed by atoms with Crippen LogP contribution in [0.3, 0.4) is 0 Å². The zero-order chi connectivity index (χ0) is 14.5. The van der Waals surface area contributed by atoms with Crippen molar-refractivity contribution in [3.63, 3.8) is 0 Å². The van der Waals surface area contributed by atoms with Crippen molar-refractivity contribution in [1.82, 2.24) is 15.5 Å². The molecule has 0 aliphatic carbocycles. The van der Waals surface area contributed by atoms with Crippen LogP contribution in [0.15, 0.2) is 29.6 Å². The summed E-state index contributed by atoms with van der Waals surface area (Å²) in [5, 5.41) is 9.57. The average molecular weight is 303 g/mol. The molecule has 21 heavy (non-hydrogen) atoms. The fourth-order valence-electron chi connectivity index (χ4n) is 2.65. The molecule has 2 heterocycles. The molecule has 0 radical (unpaired) electrons. The van der Waals surface area contributed by atoms with Gasteiger partial charge in [0.25, 0.3) is 5.91 Å². The molecule has 0 saturated carbocycles. The van der Waals surface area contributed by atoms with E-state index in [1.165, 1.54) is 4.70 Å². The molecule has 3 rings (SSSR count). The third-order valence-corrected chi connectivity index (χ3v) is 4.76. The molecule has 112 valence electrons. The Bertz CT molecular complexity index is 604. The summed E-state index contributed by atoms with van der Waals surface area (Å²) in [5.41, 5.74) is 0.753. The number of hydrogen-bond acceptors (Lipinski definition) is 4. The molecule has 1 aliphatic heterocycles. The molecular weight excluding hydrogens is 282 g/mol. The van der Waals surface area contributed by atoms with Crippen molar-refractivity contribution in [1.29, 1.82) is 0 Å². The van der Waals surface area contributed by atoms with Crippen LogP contribution in [-0.2, 0) is 0 Å². The third-order valence-electron chi connectivity index (χ3n) is 3.86. The average Bonchev–Trinajstić information content (AvgIpc) is 3.00. The summed E-state index contributed by atoms with van der Waals surface area (Å²) in [6.07, 6.45) is 1.01. The number of thiophene rings is 1. The molecule has 1 aromatic carbocycles. The van der Waals surface area contributed by atoms with Crippen LogP contribution in [0.4, 0.5) is 0 Å². The van der Waals surface area contributed by atoms with E-state index in [-0.39, 0.29) is 5.91 Å². The summed E-state index contributed by atoms with van der Waals surface area (Å²) < 4.78 is 1.23. The molecular formula is C16H21N3OS. The van der Waals surface area contributed by atoms with Crippen LogP contribution in [0.5, 0.6) is 0 Å². The molecule has 0 atom stereocenters. The lowest BCUT2D eigenvalue weighted by atomic mass is 10.1. The second-order valence-electron chi connectivity index (χ2n) is 5.37. The Hall–Kier alpha value is -1.43. The Labute approximate surface area is 129 Å². The lowest BCUT2D eigenvalue weighted by Gasteiger charge is -2.27. The number of carbonyl (C=O) groups excluding carboxylic acids is 1. The molecule has 1 fully saturated rings. The van der Waals surface area contributed by atoms with Crippen LogP contribution in [0.25, 0.3) is 10.1 Å². The number of nitrogens with zero attached hydrogens (tertiary/aromatic N) is 1. The van der Waals surface area contributed by atoms with Crippen molar-refractivity contribution in [2.45, 2.75) is 6.42 Å². The van der Waals surface area contributed by atoms with Gasteiger partial charge in [-0.25, -0.2) is 0 Å². The Kier molecular flexibility index (Phi) is 4.85. The highest BCUT2D eigenvalue weighted by atomic mass is 32.1. The van der Waals surface area contributed by atoms with Gasteiger partial charge in [0.2, 0.25) is 0 Å². The summed E-state index contributed by atoms with van der Waals surface area (Å²) in [4.78, 5) is 14.6. The first-order valence-electron chi connectivity index (χ1n) is 7.51. The molecule has 1 aliphatic rings. The highest BCUT2D eigenvalue weighted by molar-refractivity contribution is 7.17. The molecule has 2 N–H and O–H groups in total. The van der Waals surface area contributed by atoms with E-state index in [9.17, 15) is 4.79 Å². The van der Waals surface area contributed by atoms with Crippen LogP contribution in [0.2, 0.25) is 0 Å². The second-order valence-corrected chi connectivity index (χ2v) is 6.32. The summed E-state index contributed by atoms with van der Waals surface area (Å²) in [5.74, 6) is 0.0309. The predicted molar refractivity (Wildman–Crippen MR) is 88.1 cm³/mol. The van der Waals surface area contributed by atoms with Gasteiger partial charge in [-0.3, -0.25) is 4.79 Å². The van der Waals surface area contributed by atoms with Gasteiger partial charge in [0.15, 0.2) is 0 Å². The number of hydrogen-bond donors (Lipinski definition) is 2. The highest BCUT2D eigenvalue weighted by Crippen LogP contribution is 2.21. The number of piperazine rings is 1. The molecule has 1 saturated heterocycles. The SMILES string of the molecule is O=C(NCCCN1CCNCC1)c1ccc2sccc2c1. The monoisotopic (exact) mass is 303 g/mol. The lowest BCUT2D eigenvalue weighted by molar-refractivity contribution is 0.0951. The molecule has 2 aromatic rings. The Morgan fingerprint density at radius 3 is 3.00 bits per heavy atom. The molecule has 1 amide bonds. The molecule has 4 nitrogen and oxygen atoms in total. The number of fused-ring (bicyclic) bond motifs is 1. The van der Waals surface area contributed by atoms with E-state index in [4.69, 9.17) is 0 Å². The highest BCUT2D eigenvalue weighted by Gasteiger charge is 2.09. The minimum absolute atomic E-state index is 0.0309. The Balaban J connectivity index is 1.45. The van der Waals surface area contributed by atoms with Crippen molar-refractivity contribution < 1.29 is 4.79 Å². The van der Waals surface area contributed by atoms with E-state index in [0.717, 1.165) is 56.6 Å². The van der Waals surface area contributed by atoms with Crippen molar-refractivity contribution in [3.05, 3.63) is 35.2 Å². The van der Waals surface area contributed by atoms with Crippen LogP contribution < -0.4 is 10.6 Å². The van der Waals surface area contributed by atoms with Crippen LogP contribution >= 0.6 is 11.3 Å². The standard InChI is InChI=1S/C16H21N3OS/c20-16(14-2-3-15-13(12-14)4-11-21-15)18-5-1-8-19-9-6-17-7-10-19/h2-4,11-12,17H,1,5-10H2,(H,18,20). The minimum atomic E-state index is 0.0309. The van der Waals surface area contributed by atoms with E-state index >= 15 is 0 Å². The van der Waals surface area contributed by atoms with Gasteiger partial charge in [0.1, 0.15) is 0 Å². The van der Waals surface area contributed by atoms with E-state index < -0.39 is 0 Å². The summed E-state index contributed by atoms with van der Waals surface area (Å²) in [7, 11) is 0. The first kappa shape index (κ1) is 14.5. The number of rotatable bonds is 5. The minimum Gasteiger partial charge on any atom is -0.352 e.